The number of nitrogens with two attached hydrogens (primary N) is 1. The molecule has 0 saturated carbocycles. The average molecular weight is 439 g/mol. The van der Waals surface area contributed by atoms with Crippen molar-refractivity contribution in [3.8, 4) is 0 Å². The molecule has 29 heavy (non-hydrogen) atoms. The van der Waals surface area contributed by atoms with Crippen molar-refractivity contribution in [2.75, 3.05) is 26.3 Å². The highest BCUT2D eigenvalue weighted by Crippen LogP contribution is 2.25. The minimum Gasteiger partial charge on any atom is -0.444 e. The molecule has 0 spiro atoms. The van der Waals surface area contributed by atoms with Crippen molar-refractivity contribution in [1.82, 2.24) is 4.90 Å². The van der Waals surface area contributed by atoms with Gasteiger partial charge in [0, 0.05) is 18.7 Å². The maximum absolute atomic E-state index is 13.0. The van der Waals surface area contributed by atoms with Gasteiger partial charge < -0.3 is 14.4 Å². The summed E-state index contributed by atoms with van der Waals surface area (Å²) >= 11 is 5.86. The number of sulfonamides is 1. The van der Waals surface area contributed by atoms with Crippen LogP contribution in [0.15, 0.2) is 53.4 Å². The fourth-order valence-corrected chi connectivity index (χ4v) is 3.93. The van der Waals surface area contributed by atoms with Crippen LogP contribution in [0.1, 0.15) is 22.0 Å². The topological polar surface area (TPSA) is 116 Å². The smallest absolute Gasteiger partial charge is 0.339 e. The molecule has 1 unspecified atom stereocenters. The molecule has 1 amide bonds. The largest absolute Gasteiger partial charge is 0.444 e. The third kappa shape index (κ3) is 5.13. The Morgan fingerprint density at radius 1 is 1.10 bits per heavy atom. The normalized spacial score (nSPS) is 15.6. The van der Waals surface area contributed by atoms with E-state index in [1.165, 1.54) is 12.1 Å². The second-order valence-corrected chi connectivity index (χ2v) is 8.26. The van der Waals surface area contributed by atoms with Gasteiger partial charge in [-0.3, -0.25) is 4.79 Å². The molecule has 10 heteroatoms. The Kier molecular flexibility index (Phi) is 6.53. The van der Waals surface area contributed by atoms with E-state index in [2.05, 4.69) is 0 Å². The number of morpholine rings is 1. The van der Waals surface area contributed by atoms with E-state index >= 15 is 0 Å². The molecule has 3 rings (SSSR count). The Balaban J connectivity index is 1.90. The molecule has 8 nitrogen and oxygen atoms in total. The third-order valence-electron chi connectivity index (χ3n) is 4.35. The lowest BCUT2D eigenvalue weighted by Gasteiger charge is -2.30. The summed E-state index contributed by atoms with van der Waals surface area (Å²) in [4.78, 5) is 26.9. The SMILES string of the molecule is NS(=O)(=O)c1cc(C(=O)OC(C(=O)N2CCOCC2)c2ccccc2)ccc1Cl. The van der Waals surface area contributed by atoms with Gasteiger partial charge in [0.1, 0.15) is 4.90 Å². The first-order valence-corrected chi connectivity index (χ1v) is 10.6. The highest BCUT2D eigenvalue weighted by molar-refractivity contribution is 7.89. The van der Waals surface area contributed by atoms with Crippen LogP contribution in [0.5, 0.6) is 0 Å². The second-order valence-electron chi connectivity index (χ2n) is 6.32. The Bertz CT molecular complexity index is 1010. The molecule has 0 radical (unpaired) electrons. The highest BCUT2D eigenvalue weighted by Gasteiger charge is 2.31. The quantitative estimate of drug-likeness (QED) is 0.711. The molecular formula is C19H19ClN2O6S. The lowest BCUT2D eigenvalue weighted by molar-refractivity contribution is -0.145. The van der Waals surface area contributed by atoms with Gasteiger partial charge in [-0.25, -0.2) is 18.4 Å². The number of hydrogen-bond acceptors (Lipinski definition) is 6. The van der Waals surface area contributed by atoms with Gasteiger partial charge in [0.2, 0.25) is 16.1 Å². The van der Waals surface area contributed by atoms with Gasteiger partial charge in [0.15, 0.2) is 0 Å². The fourth-order valence-electron chi connectivity index (χ4n) is 2.86. The maximum Gasteiger partial charge on any atom is 0.339 e. The molecule has 1 atom stereocenters. The lowest BCUT2D eigenvalue weighted by atomic mass is 10.1. The molecule has 1 saturated heterocycles. The van der Waals surface area contributed by atoms with Crippen LogP contribution in [0, 0.1) is 0 Å². The number of rotatable bonds is 5. The number of benzene rings is 2. The van der Waals surface area contributed by atoms with E-state index in [0.717, 1.165) is 6.07 Å². The van der Waals surface area contributed by atoms with E-state index in [0.29, 0.717) is 31.9 Å². The van der Waals surface area contributed by atoms with Crippen LogP contribution in [0.4, 0.5) is 0 Å². The summed E-state index contributed by atoms with van der Waals surface area (Å²) in [6.07, 6.45) is -1.18. The van der Waals surface area contributed by atoms with Gasteiger partial charge in [-0.2, -0.15) is 0 Å². The van der Waals surface area contributed by atoms with Gasteiger partial charge in [-0.15, -0.1) is 0 Å². The molecule has 2 aromatic carbocycles. The molecule has 1 heterocycles. The Morgan fingerprint density at radius 3 is 2.38 bits per heavy atom. The van der Waals surface area contributed by atoms with E-state index in [1.807, 2.05) is 0 Å². The first-order chi connectivity index (χ1) is 13.8. The molecule has 1 aliphatic heterocycles. The summed E-state index contributed by atoms with van der Waals surface area (Å²) in [6.45, 7) is 1.57. The van der Waals surface area contributed by atoms with E-state index in [4.69, 9.17) is 26.2 Å². The van der Waals surface area contributed by atoms with E-state index < -0.39 is 27.0 Å². The van der Waals surface area contributed by atoms with Crippen LogP contribution in [-0.4, -0.2) is 51.5 Å². The maximum atomic E-state index is 13.0. The Morgan fingerprint density at radius 2 is 1.76 bits per heavy atom. The molecular weight excluding hydrogens is 420 g/mol. The van der Waals surface area contributed by atoms with Crippen molar-refractivity contribution < 1.29 is 27.5 Å². The third-order valence-corrected chi connectivity index (χ3v) is 5.74. The average Bonchev–Trinajstić information content (AvgIpc) is 2.72. The van der Waals surface area contributed by atoms with Gasteiger partial charge in [-0.05, 0) is 18.2 Å². The first kappa shape index (κ1) is 21.3. The number of carbonyl (C=O) groups excluding carboxylic acids is 2. The van der Waals surface area contributed by atoms with Gasteiger partial charge in [-0.1, -0.05) is 41.9 Å². The van der Waals surface area contributed by atoms with Crippen LogP contribution < -0.4 is 5.14 Å². The standard InChI is InChI=1S/C19H19ClN2O6S/c20-15-7-6-14(12-16(15)29(21,25)26)19(24)28-17(13-4-2-1-3-5-13)18(23)22-8-10-27-11-9-22/h1-7,12,17H,8-11H2,(H2,21,25,26). The molecule has 0 aliphatic carbocycles. The predicted octanol–water partition coefficient (Wildman–Crippen LogP) is 1.74. The van der Waals surface area contributed by atoms with Crippen LogP contribution in [0.3, 0.4) is 0 Å². The number of carbonyl (C=O) groups is 2. The van der Waals surface area contributed by atoms with Crippen LogP contribution in [-0.2, 0) is 24.3 Å². The zero-order chi connectivity index (χ0) is 21.0. The molecule has 2 aromatic rings. The fraction of sp³-hybridized carbons (Fsp3) is 0.263. The monoisotopic (exact) mass is 438 g/mol. The second kappa shape index (κ2) is 8.91. The van der Waals surface area contributed by atoms with Crippen molar-refractivity contribution in [2.45, 2.75) is 11.0 Å². The number of hydrogen-bond donors (Lipinski definition) is 1. The predicted molar refractivity (Wildman–Crippen MR) is 105 cm³/mol. The highest BCUT2D eigenvalue weighted by atomic mass is 35.5. The minimum atomic E-state index is -4.13. The van der Waals surface area contributed by atoms with Crippen molar-refractivity contribution in [2.24, 2.45) is 5.14 Å². The van der Waals surface area contributed by atoms with Gasteiger partial charge in [0.25, 0.3) is 5.91 Å². The van der Waals surface area contributed by atoms with Crippen molar-refractivity contribution in [1.29, 1.82) is 0 Å². The summed E-state index contributed by atoms with van der Waals surface area (Å²) in [6, 6.07) is 12.1. The van der Waals surface area contributed by atoms with Crippen molar-refractivity contribution >= 4 is 33.5 Å². The number of esters is 1. The summed E-state index contributed by atoms with van der Waals surface area (Å²) in [5.74, 6) is -1.25. The van der Waals surface area contributed by atoms with Gasteiger partial charge in [0.05, 0.1) is 23.8 Å². The Labute approximate surface area is 173 Å². The van der Waals surface area contributed by atoms with E-state index in [9.17, 15) is 18.0 Å². The van der Waals surface area contributed by atoms with Gasteiger partial charge >= 0.3 is 5.97 Å². The molecule has 154 valence electrons. The zero-order valence-corrected chi connectivity index (χ0v) is 16.9. The van der Waals surface area contributed by atoms with Crippen LogP contribution in [0.25, 0.3) is 0 Å². The summed E-state index contributed by atoms with van der Waals surface area (Å²) in [7, 11) is -4.13. The molecule has 2 N–H and O–H groups in total. The molecule has 1 fully saturated rings. The molecule has 0 aromatic heterocycles. The van der Waals surface area contributed by atoms with Crippen molar-refractivity contribution in [3.63, 3.8) is 0 Å². The zero-order valence-electron chi connectivity index (χ0n) is 15.3. The van der Waals surface area contributed by atoms with E-state index in [1.54, 1.807) is 35.2 Å². The molecule has 0 bridgehead atoms. The number of nitrogens with zero attached hydrogens (tertiary/aromatic N) is 1. The van der Waals surface area contributed by atoms with E-state index in [-0.39, 0.29) is 16.5 Å². The number of ether oxygens (including phenoxy) is 2. The Hall–Kier alpha value is -2.46. The summed E-state index contributed by atoms with van der Waals surface area (Å²) < 4.78 is 34.1. The van der Waals surface area contributed by atoms with Crippen molar-refractivity contribution in [3.05, 3.63) is 64.7 Å². The number of halogens is 1. The summed E-state index contributed by atoms with van der Waals surface area (Å²) in [5, 5.41) is 5.01. The lowest BCUT2D eigenvalue weighted by Crippen LogP contribution is -2.44. The molecule has 1 aliphatic rings. The minimum absolute atomic E-state index is 0.0888. The van der Waals surface area contributed by atoms with Crippen LogP contribution in [0.2, 0.25) is 5.02 Å². The summed E-state index contributed by atoms with van der Waals surface area (Å²) in [5.41, 5.74) is 0.409. The first-order valence-electron chi connectivity index (χ1n) is 8.72. The number of amides is 1. The number of primary sulfonamides is 1. The van der Waals surface area contributed by atoms with Crippen LogP contribution >= 0.6 is 11.6 Å².